The minimum atomic E-state index is -0.669. The fraction of sp³-hybridized carbons (Fsp3) is 0.759. The Kier molecular flexibility index (Phi) is 24.6. The van der Waals surface area contributed by atoms with E-state index in [4.69, 9.17) is 5.11 Å². The number of unbranched alkanes of at least 4 members (excludes halogenated alkanes) is 18. The van der Waals surface area contributed by atoms with Crippen molar-refractivity contribution in [3.63, 3.8) is 0 Å². The Balaban J connectivity index is 3.32. The molecule has 0 unspecified atom stereocenters. The van der Waals surface area contributed by atoms with Gasteiger partial charge >= 0.3 is 5.97 Å². The minimum Gasteiger partial charge on any atom is -0.481 e. The third kappa shape index (κ3) is 28.2. The Hall–Kier alpha value is -1.85. The summed E-state index contributed by atoms with van der Waals surface area (Å²) in [7, 11) is 0. The van der Waals surface area contributed by atoms with Crippen molar-refractivity contribution < 1.29 is 9.90 Å². The first-order chi connectivity index (χ1) is 15.3. The summed E-state index contributed by atoms with van der Waals surface area (Å²) >= 11 is 0. The van der Waals surface area contributed by atoms with Crippen LogP contribution >= 0.6 is 0 Å². The number of rotatable bonds is 20. The summed E-state index contributed by atoms with van der Waals surface area (Å²) in [6.07, 6.45) is 24.8. The van der Waals surface area contributed by atoms with Gasteiger partial charge in [-0.25, -0.2) is 0 Å². The lowest BCUT2D eigenvalue weighted by Crippen LogP contribution is -1.93. The normalized spacial score (nSPS) is 9.71. The Bertz CT molecular complexity index is 585. The molecule has 0 aliphatic carbocycles. The van der Waals surface area contributed by atoms with Crippen LogP contribution in [0.5, 0.6) is 0 Å². The summed E-state index contributed by atoms with van der Waals surface area (Å²) in [5, 5.41) is 8.58. The smallest absolute Gasteiger partial charge is 0.303 e. The van der Waals surface area contributed by atoms with Crippen LogP contribution in [0.15, 0.2) is 0 Å². The van der Waals surface area contributed by atoms with E-state index in [1.165, 1.54) is 103 Å². The molecule has 0 rings (SSSR count). The first kappa shape index (κ1) is 29.1. The molecule has 31 heavy (non-hydrogen) atoms. The maximum Gasteiger partial charge on any atom is 0.303 e. The molecule has 0 bridgehead atoms. The highest BCUT2D eigenvalue weighted by Gasteiger charge is 1.97. The zero-order valence-electron chi connectivity index (χ0n) is 20.2. The molecule has 0 aliphatic rings. The first-order valence-corrected chi connectivity index (χ1v) is 12.9. The topological polar surface area (TPSA) is 37.3 Å². The summed E-state index contributed by atoms with van der Waals surface area (Å²) < 4.78 is 0. The van der Waals surface area contributed by atoms with Crippen molar-refractivity contribution in [1.29, 1.82) is 0 Å². The predicted octanol–water partition coefficient (Wildman–Crippen LogP) is 8.29. The molecule has 0 atom stereocenters. The summed E-state index contributed by atoms with van der Waals surface area (Å²) in [4.78, 5) is 10.4. The number of carbonyl (C=O) groups is 1. The van der Waals surface area contributed by atoms with E-state index in [9.17, 15) is 4.79 Å². The van der Waals surface area contributed by atoms with E-state index < -0.39 is 5.97 Å². The van der Waals surface area contributed by atoms with Crippen molar-refractivity contribution in [2.45, 2.75) is 142 Å². The Morgan fingerprint density at radius 3 is 1.26 bits per heavy atom. The quantitative estimate of drug-likeness (QED) is 0.157. The Morgan fingerprint density at radius 2 is 0.871 bits per heavy atom. The molecule has 1 N–H and O–H groups in total. The van der Waals surface area contributed by atoms with Crippen LogP contribution < -0.4 is 0 Å². The molecule has 0 aromatic carbocycles. The van der Waals surface area contributed by atoms with Crippen LogP contribution in [0.2, 0.25) is 0 Å². The van der Waals surface area contributed by atoms with Crippen LogP contribution in [0, 0.1) is 35.5 Å². The molecule has 2 heteroatoms. The van der Waals surface area contributed by atoms with Crippen LogP contribution in [0.25, 0.3) is 0 Å². The predicted molar refractivity (Wildman–Crippen MR) is 134 cm³/mol. The van der Waals surface area contributed by atoms with Gasteiger partial charge in [0.15, 0.2) is 0 Å². The minimum absolute atomic E-state index is 0.324. The number of carboxylic acid groups (broad SMARTS) is 1. The van der Waals surface area contributed by atoms with E-state index in [2.05, 4.69) is 42.4 Å². The van der Waals surface area contributed by atoms with Gasteiger partial charge in [-0.3, -0.25) is 4.79 Å². The monoisotopic (exact) mass is 426 g/mol. The average molecular weight is 427 g/mol. The van der Waals surface area contributed by atoms with Gasteiger partial charge in [-0.2, -0.15) is 0 Å². The van der Waals surface area contributed by atoms with E-state index in [-0.39, 0.29) is 0 Å². The van der Waals surface area contributed by atoms with Crippen molar-refractivity contribution in [3.05, 3.63) is 0 Å². The second kappa shape index (κ2) is 26.2. The third-order valence-corrected chi connectivity index (χ3v) is 5.46. The molecular weight excluding hydrogens is 380 g/mol. The van der Waals surface area contributed by atoms with Gasteiger partial charge in [-0.05, 0) is 42.9 Å². The highest BCUT2D eigenvalue weighted by atomic mass is 16.4. The molecule has 2 nitrogen and oxygen atoms in total. The van der Waals surface area contributed by atoms with Crippen molar-refractivity contribution >= 4 is 5.97 Å². The summed E-state index contributed by atoms with van der Waals surface area (Å²) in [6, 6.07) is 0. The van der Waals surface area contributed by atoms with Crippen LogP contribution in [-0.2, 0) is 4.79 Å². The summed E-state index contributed by atoms with van der Waals surface area (Å²) in [5.41, 5.74) is 0. The van der Waals surface area contributed by atoms with E-state index in [0.29, 0.717) is 6.42 Å². The first-order valence-electron chi connectivity index (χ1n) is 12.9. The zero-order valence-corrected chi connectivity index (χ0v) is 20.2. The van der Waals surface area contributed by atoms with E-state index in [0.717, 1.165) is 25.7 Å². The number of carboxylic acids is 1. The van der Waals surface area contributed by atoms with Gasteiger partial charge in [0.1, 0.15) is 0 Å². The lowest BCUT2D eigenvalue weighted by atomic mass is 10.0. The molecule has 0 saturated heterocycles. The fourth-order valence-electron chi connectivity index (χ4n) is 3.53. The fourth-order valence-corrected chi connectivity index (χ4v) is 3.53. The SMILES string of the molecule is CCCCCCCCCC#CC#CC#CCCCCCCCCCCCCCC(=O)O. The molecule has 0 aromatic rings. The maximum atomic E-state index is 10.4. The number of hydrogen-bond acceptors (Lipinski definition) is 1. The molecule has 174 valence electrons. The van der Waals surface area contributed by atoms with Gasteiger partial charge in [-0.15, -0.1) is 0 Å². The van der Waals surface area contributed by atoms with Crippen molar-refractivity contribution in [2.75, 3.05) is 0 Å². The van der Waals surface area contributed by atoms with Gasteiger partial charge in [-0.1, -0.05) is 115 Å². The van der Waals surface area contributed by atoms with Crippen LogP contribution in [0.3, 0.4) is 0 Å². The average Bonchev–Trinajstić information content (AvgIpc) is 2.76. The molecule has 0 radical (unpaired) electrons. The second-order valence-electron chi connectivity index (χ2n) is 8.51. The van der Waals surface area contributed by atoms with Gasteiger partial charge in [0.05, 0.1) is 0 Å². The molecule has 0 amide bonds. The molecule has 0 spiro atoms. The molecule has 0 saturated carbocycles. The van der Waals surface area contributed by atoms with Crippen molar-refractivity contribution in [3.8, 4) is 35.5 Å². The van der Waals surface area contributed by atoms with Gasteiger partial charge in [0, 0.05) is 19.3 Å². The Morgan fingerprint density at radius 1 is 0.516 bits per heavy atom. The molecule has 0 aromatic heterocycles. The molecule has 0 aliphatic heterocycles. The maximum absolute atomic E-state index is 10.4. The molecule has 0 heterocycles. The highest BCUT2D eigenvalue weighted by Crippen LogP contribution is 2.12. The molecule has 0 fully saturated rings. The van der Waals surface area contributed by atoms with Crippen molar-refractivity contribution in [2.24, 2.45) is 0 Å². The lowest BCUT2D eigenvalue weighted by Gasteiger charge is -2.02. The largest absolute Gasteiger partial charge is 0.481 e. The molecular formula is C29H46O2. The van der Waals surface area contributed by atoms with Crippen LogP contribution in [-0.4, -0.2) is 11.1 Å². The highest BCUT2D eigenvalue weighted by molar-refractivity contribution is 5.66. The van der Waals surface area contributed by atoms with E-state index >= 15 is 0 Å². The van der Waals surface area contributed by atoms with E-state index in [1.54, 1.807) is 0 Å². The number of hydrogen-bond donors (Lipinski definition) is 1. The summed E-state index contributed by atoms with van der Waals surface area (Å²) in [5.74, 6) is 17.1. The second-order valence-corrected chi connectivity index (χ2v) is 8.51. The Labute approximate surface area is 193 Å². The van der Waals surface area contributed by atoms with Crippen LogP contribution in [0.1, 0.15) is 142 Å². The van der Waals surface area contributed by atoms with Gasteiger partial charge < -0.3 is 5.11 Å². The van der Waals surface area contributed by atoms with Crippen LogP contribution in [0.4, 0.5) is 0 Å². The third-order valence-electron chi connectivity index (χ3n) is 5.46. The van der Waals surface area contributed by atoms with Gasteiger partial charge in [0.2, 0.25) is 0 Å². The van der Waals surface area contributed by atoms with Gasteiger partial charge in [0.25, 0.3) is 0 Å². The summed E-state index contributed by atoms with van der Waals surface area (Å²) in [6.45, 7) is 2.25. The standard InChI is InChI=1S/C29H46O2/c1-2-3-4-5-6-7-8-9-10-11-12-13-14-15-16-17-18-19-20-21-22-23-24-25-26-27-28-29(30)31/h2-9,16-28H2,1H3,(H,30,31). The van der Waals surface area contributed by atoms with Crippen molar-refractivity contribution in [1.82, 2.24) is 0 Å². The lowest BCUT2D eigenvalue weighted by molar-refractivity contribution is -0.137. The zero-order chi connectivity index (χ0) is 22.7. The number of aliphatic carboxylic acids is 1. The van der Waals surface area contributed by atoms with E-state index in [1.807, 2.05) is 0 Å².